The molecule has 1 N–H and O–H groups in total. The maximum atomic E-state index is 13.3. The van der Waals surface area contributed by atoms with Crippen LogP contribution in [0.5, 0.6) is 0 Å². The van der Waals surface area contributed by atoms with Crippen LogP contribution >= 0.6 is 0 Å². The molecule has 1 heterocycles. The van der Waals surface area contributed by atoms with Gasteiger partial charge in [0.25, 0.3) is 0 Å². The lowest BCUT2D eigenvalue weighted by Gasteiger charge is -2.67. The lowest BCUT2D eigenvalue weighted by molar-refractivity contribution is -0.187. The van der Waals surface area contributed by atoms with Gasteiger partial charge in [-0.05, 0) is 78.9 Å². The number of epoxide rings is 1. The Morgan fingerprint density at radius 3 is 2.38 bits per heavy atom. The second-order valence-corrected chi connectivity index (χ2v) is 15.5. The van der Waals surface area contributed by atoms with Gasteiger partial charge in [0.15, 0.2) is 5.78 Å². The lowest BCUT2D eigenvalue weighted by Crippen LogP contribution is -2.63. The number of rotatable bonds is 1. The normalized spacial score (nSPS) is 50.9. The molecule has 0 bridgehead atoms. The number of ether oxygens (including phenoxy) is 1. The summed E-state index contributed by atoms with van der Waals surface area (Å²) in [5, 5.41) is 20.6. The standard InChI is InChI=1S/C32H43NO4/c1-27(2)10-12-32(26(35)36)13-11-31(7)23(19(32)16-27)24-20(37-24)14-22-29(5)15-18(17-33)25(34)28(3,4)21(29)8-9-30(22,31)6/h14-15,19-21,23-24H,8-13,16H2,1-7H3,(H,35,36)/t19?,20?,21-,23?,24?,29-,30+,31+,32-/m0/s1. The number of nitrogens with zero attached hydrogens (tertiary/aromatic N) is 1. The number of carboxylic acids is 1. The molecule has 5 aliphatic carbocycles. The molecule has 0 amide bonds. The summed E-state index contributed by atoms with van der Waals surface area (Å²) in [6.07, 6.45) is 10.5. The minimum Gasteiger partial charge on any atom is -0.481 e. The van der Waals surface area contributed by atoms with Crippen LogP contribution in [0.15, 0.2) is 23.3 Å². The Morgan fingerprint density at radius 1 is 1.05 bits per heavy atom. The van der Waals surface area contributed by atoms with Crippen LogP contribution < -0.4 is 0 Å². The van der Waals surface area contributed by atoms with Crippen molar-refractivity contribution in [2.75, 3.05) is 0 Å². The highest BCUT2D eigenvalue weighted by Gasteiger charge is 2.73. The third kappa shape index (κ3) is 2.95. The van der Waals surface area contributed by atoms with E-state index in [1.54, 1.807) is 0 Å². The minimum absolute atomic E-state index is 0.00830. The Kier molecular flexibility index (Phi) is 4.92. The fourth-order valence-electron chi connectivity index (χ4n) is 10.7. The van der Waals surface area contributed by atoms with Gasteiger partial charge >= 0.3 is 5.97 Å². The van der Waals surface area contributed by atoms with Gasteiger partial charge in [0.1, 0.15) is 12.2 Å². The molecule has 200 valence electrons. The molecule has 0 radical (unpaired) electrons. The van der Waals surface area contributed by atoms with E-state index >= 15 is 0 Å². The number of allylic oxidation sites excluding steroid dienone is 3. The van der Waals surface area contributed by atoms with Crippen molar-refractivity contribution in [2.45, 2.75) is 106 Å². The second kappa shape index (κ2) is 7.17. The van der Waals surface area contributed by atoms with E-state index in [-0.39, 0.29) is 57.6 Å². The zero-order chi connectivity index (χ0) is 27.0. The fraction of sp³-hybridized carbons (Fsp3) is 0.781. The number of ketones is 1. The number of Topliss-reactive ketones (excluding diaryl/α,β-unsaturated/α-hetero) is 1. The van der Waals surface area contributed by atoms with Gasteiger partial charge in [-0.15, -0.1) is 0 Å². The molecule has 9 atom stereocenters. The number of carboxylic acid groups (broad SMARTS) is 1. The van der Waals surface area contributed by atoms with Crippen molar-refractivity contribution in [2.24, 2.45) is 50.2 Å². The number of aliphatic carboxylic acids is 1. The average Bonchev–Trinajstić information content (AvgIpc) is 3.57. The third-order valence-corrected chi connectivity index (χ3v) is 13.0. The molecule has 0 spiro atoms. The van der Waals surface area contributed by atoms with Crippen molar-refractivity contribution in [1.82, 2.24) is 0 Å². The highest BCUT2D eigenvalue weighted by molar-refractivity contribution is 6.04. The van der Waals surface area contributed by atoms with Crippen LogP contribution in [0, 0.1) is 61.6 Å². The molecule has 1 saturated heterocycles. The Morgan fingerprint density at radius 2 is 1.73 bits per heavy atom. The number of hydrogen-bond donors (Lipinski definition) is 1. The zero-order valence-corrected chi connectivity index (χ0v) is 23.6. The van der Waals surface area contributed by atoms with Gasteiger partial charge in [0, 0.05) is 10.8 Å². The summed E-state index contributed by atoms with van der Waals surface area (Å²) in [5.74, 6) is -0.254. The van der Waals surface area contributed by atoms with Crippen molar-refractivity contribution in [3.05, 3.63) is 23.3 Å². The first-order chi connectivity index (χ1) is 17.1. The SMILES string of the molecule is CC1(C)CC[C@]2(C(=O)O)CC[C@]3(C)C(C4OC4C=C4[C@@]5(C)C=C(C#N)C(=O)C(C)(C)[C@@H]5CC[C@]43C)C2C1. The summed E-state index contributed by atoms with van der Waals surface area (Å²) in [7, 11) is 0. The van der Waals surface area contributed by atoms with E-state index in [4.69, 9.17) is 4.74 Å². The lowest BCUT2D eigenvalue weighted by atomic mass is 9.36. The molecule has 6 aliphatic rings. The second-order valence-electron chi connectivity index (χ2n) is 15.5. The van der Waals surface area contributed by atoms with Crippen molar-refractivity contribution >= 4 is 11.8 Å². The van der Waals surface area contributed by atoms with E-state index in [0.29, 0.717) is 0 Å². The summed E-state index contributed by atoms with van der Waals surface area (Å²) in [6.45, 7) is 15.8. The molecule has 1 aliphatic heterocycles. The molecular weight excluding hydrogens is 462 g/mol. The number of carbonyl (C=O) groups excluding carboxylic acids is 1. The predicted molar refractivity (Wildman–Crippen MR) is 140 cm³/mol. The van der Waals surface area contributed by atoms with Gasteiger partial charge in [0.05, 0.1) is 17.1 Å². The van der Waals surface area contributed by atoms with Crippen molar-refractivity contribution in [1.29, 1.82) is 5.26 Å². The van der Waals surface area contributed by atoms with Gasteiger partial charge in [-0.2, -0.15) is 5.26 Å². The number of nitriles is 1. The van der Waals surface area contributed by atoms with Crippen molar-refractivity contribution in [3.63, 3.8) is 0 Å². The van der Waals surface area contributed by atoms with Gasteiger partial charge in [-0.25, -0.2) is 0 Å². The highest BCUT2D eigenvalue weighted by Crippen LogP contribution is 2.75. The molecule has 6 rings (SSSR count). The minimum atomic E-state index is -0.661. The topological polar surface area (TPSA) is 90.7 Å². The Bertz CT molecular complexity index is 1200. The number of fused-ring (bicyclic) bond motifs is 9. The van der Waals surface area contributed by atoms with Crippen LogP contribution in [-0.2, 0) is 14.3 Å². The number of carbonyl (C=O) groups is 2. The molecule has 3 saturated carbocycles. The predicted octanol–water partition coefficient (Wildman–Crippen LogP) is 6.49. The molecule has 0 aromatic rings. The van der Waals surface area contributed by atoms with Gasteiger partial charge in [0.2, 0.25) is 0 Å². The van der Waals surface area contributed by atoms with E-state index < -0.39 is 22.2 Å². The molecule has 5 nitrogen and oxygen atoms in total. The van der Waals surface area contributed by atoms with E-state index in [0.717, 1.165) is 44.9 Å². The quantitative estimate of drug-likeness (QED) is 0.325. The van der Waals surface area contributed by atoms with E-state index in [1.165, 1.54) is 5.57 Å². The van der Waals surface area contributed by atoms with E-state index in [1.807, 2.05) is 19.9 Å². The smallest absolute Gasteiger partial charge is 0.309 e. The Balaban J connectivity index is 1.52. The van der Waals surface area contributed by atoms with Gasteiger partial charge in [-0.1, -0.05) is 66.2 Å². The maximum Gasteiger partial charge on any atom is 0.309 e. The fourth-order valence-corrected chi connectivity index (χ4v) is 10.7. The van der Waals surface area contributed by atoms with Gasteiger partial charge < -0.3 is 9.84 Å². The Hall–Kier alpha value is -1.93. The monoisotopic (exact) mass is 505 g/mol. The first-order valence-corrected chi connectivity index (χ1v) is 14.4. The maximum absolute atomic E-state index is 13.3. The number of hydrogen-bond acceptors (Lipinski definition) is 4. The Labute approximate surface area is 221 Å². The highest BCUT2D eigenvalue weighted by atomic mass is 16.6. The molecule has 4 fully saturated rings. The van der Waals surface area contributed by atoms with Crippen molar-refractivity contribution in [3.8, 4) is 6.07 Å². The average molecular weight is 506 g/mol. The molecule has 4 unspecified atom stereocenters. The summed E-state index contributed by atoms with van der Waals surface area (Å²) in [4.78, 5) is 26.2. The molecule has 5 heteroatoms. The van der Waals surface area contributed by atoms with Crippen LogP contribution in [0.25, 0.3) is 0 Å². The van der Waals surface area contributed by atoms with E-state index in [9.17, 15) is 20.0 Å². The van der Waals surface area contributed by atoms with E-state index in [2.05, 4.69) is 46.8 Å². The van der Waals surface area contributed by atoms with Crippen LogP contribution in [0.4, 0.5) is 0 Å². The largest absolute Gasteiger partial charge is 0.481 e. The molecule has 0 aromatic heterocycles. The summed E-state index contributed by atoms with van der Waals surface area (Å²) >= 11 is 0. The molecule has 37 heavy (non-hydrogen) atoms. The third-order valence-electron chi connectivity index (χ3n) is 13.0. The van der Waals surface area contributed by atoms with Gasteiger partial charge in [-0.3, -0.25) is 9.59 Å². The van der Waals surface area contributed by atoms with Crippen LogP contribution in [0.2, 0.25) is 0 Å². The molecule has 0 aromatic carbocycles. The molecular formula is C32H43NO4. The van der Waals surface area contributed by atoms with Crippen LogP contribution in [-0.4, -0.2) is 29.1 Å². The van der Waals surface area contributed by atoms with Crippen LogP contribution in [0.1, 0.15) is 93.4 Å². The summed E-state index contributed by atoms with van der Waals surface area (Å²) < 4.78 is 6.46. The first-order valence-electron chi connectivity index (χ1n) is 14.4. The van der Waals surface area contributed by atoms with Crippen molar-refractivity contribution < 1.29 is 19.4 Å². The summed E-state index contributed by atoms with van der Waals surface area (Å²) in [6, 6.07) is 2.23. The zero-order valence-electron chi connectivity index (χ0n) is 23.6. The van der Waals surface area contributed by atoms with Crippen LogP contribution in [0.3, 0.4) is 0 Å². The summed E-state index contributed by atoms with van der Waals surface area (Å²) in [5.41, 5.74) is -0.201. The first kappa shape index (κ1) is 25.4.